The highest BCUT2D eigenvalue weighted by molar-refractivity contribution is 6.01. The third-order valence-electron chi connectivity index (χ3n) is 1.72. The third-order valence-corrected chi connectivity index (χ3v) is 1.72. The van der Waals surface area contributed by atoms with Crippen molar-refractivity contribution < 1.29 is 9.59 Å². The minimum atomic E-state index is -0.389. The van der Waals surface area contributed by atoms with Gasteiger partial charge in [-0.15, -0.1) is 0 Å². The van der Waals surface area contributed by atoms with E-state index in [9.17, 15) is 9.59 Å². The van der Waals surface area contributed by atoms with Gasteiger partial charge in [0.2, 0.25) is 0 Å². The molecule has 1 fully saturated rings. The Kier molecular flexibility index (Phi) is 1.85. The number of hydrogen-bond acceptors (Lipinski definition) is 3. The summed E-state index contributed by atoms with van der Waals surface area (Å²) in [4.78, 5) is 21.6. The van der Waals surface area contributed by atoms with Crippen LogP contribution in [0.15, 0.2) is 0 Å². The summed E-state index contributed by atoms with van der Waals surface area (Å²) in [5.74, 6) is -0.440. The summed E-state index contributed by atoms with van der Waals surface area (Å²) < 4.78 is 0. The normalized spacial score (nSPS) is 22.9. The Morgan fingerprint density at radius 1 is 1.40 bits per heavy atom. The second-order valence-corrected chi connectivity index (χ2v) is 2.71. The smallest absolute Gasteiger partial charge is 0.141 e. The molecule has 56 valence electrons. The lowest BCUT2D eigenvalue weighted by Gasteiger charge is -2.05. The monoisotopic (exact) mass is 141 g/mol. The maximum Gasteiger partial charge on any atom is 0.141 e. The van der Waals surface area contributed by atoms with Gasteiger partial charge in [-0.25, -0.2) is 0 Å². The van der Waals surface area contributed by atoms with Crippen molar-refractivity contribution in [3.8, 4) is 0 Å². The molecule has 1 heterocycles. The minimum absolute atomic E-state index is 0.0255. The number of carbonyl (C=O) groups excluding carboxylic acids is 2. The largest absolute Gasteiger partial charge is 0.310 e. The Labute approximate surface area is 59.8 Å². The van der Waals surface area contributed by atoms with Crippen LogP contribution in [0.25, 0.3) is 0 Å². The summed E-state index contributed by atoms with van der Waals surface area (Å²) in [5, 5.41) is 2.96. The van der Waals surface area contributed by atoms with Crippen molar-refractivity contribution in [2.75, 3.05) is 6.54 Å². The van der Waals surface area contributed by atoms with Gasteiger partial charge in [0.1, 0.15) is 11.6 Å². The van der Waals surface area contributed by atoms with Crippen molar-refractivity contribution in [2.45, 2.75) is 19.9 Å². The number of Topliss-reactive ketones (excluding diaryl/α,β-unsaturated/α-hetero) is 2. The van der Waals surface area contributed by atoms with Crippen LogP contribution in [0.5, 0.6) is 0 Å². The Morgan fingerprint density at radius 3 is 1.90 bits per heavy atom. The summed E-state index contributed by atoms with van der Waals surface area (Å²) in [7, 11) is 0. The summed E-state index contributed by atoms with van der Waals surface area (Å²) in [6, 6.07) is 0.134. The Hall–Kier alpha value is -0.700. The van der Waals surface area contributed by atoms with Gasteiger partial charge < -0.3 is 5.32 Å². The van der Waals surface area contributed by atoms with E-state index in [0.717, 1.165) is 6.54 Å². The minimum Gasteiger partial charge on any atom is -0.310 e. The Balaban J connectivity index is 2.58. The lowest BCUT2D eigenvalue weighted by atomic mass is 9.97. The molecule has 0 spiro atoms. The van der Waals surface area contributed by atoms with Gasteiger partial charge in [-0.05, 0) is 13.8 Å². The zero-order valence-corrected chi connectivity index (χ0v) is 6.18. The SMILES string of the molecule is CC(=O)C(C(C)=O)C1CN1. The van der Waals surface area contributed by atoms with E-state index < -0.39 is 0 Å². The van der Waals surface area contributed by atoms with Crippen molar-refractivity contribution in [2.24, 2.45) is 5.92 Å². The second-order valence-electron chi connectivity index (χ2n) is 2.71. The molecule has 1 saturated heterocycles. The van der Waals surface area contributed by atoms with E-state index in [2.05, 4.69) is 5.32 Å². The van der Waals surface area contributed by atoms with Crippen LogP contribution < -0.4 is 5.32 Å². The molecule has 1 atom stereocenters. The predicted octanol–water partition coefficient (Wildman–Crippen LogP) is -0.248. The molecule has 10 heavy (non-hydrogen) atoms. The lowest BCUT2D eigenvalue weighted by molar-refractivity contribution is -0.130. The van der Waals surface area contributed by atoms with E-state index in [1.807, 2.05) is 0 Å². The first-order valence-electron chi connectivity index (χ1n) is 3.37. The molecule has 1 aliphatic heterocycles. The molecule has 1 rings (SSSR count). The zero-order chi connectivity index (χ0) is 7.72. The molecule has 0 aliphatic carbocycles. The maximum absolute atomic E-state index is 10.8. The van der Waals surface area contributed by atoms with Gasteiger partial charge >= 0.3 is 0 Å². The summed E-state index contributed by atoms with van der Waals surface area (Å²) >= 11 is 0. The van der Waals surface area contributed by atoms with Crippen LogP contribution in [0.3, 0.4) is 0 Å². The van der Waals surface area contributed by atoms with Crippen molar-refractivity contribution in [1.29, 1.82) is 0 Å². The van der Waals surface area contributed by atoms with Crippen LogP contribution in [0.4, 0.5) is 0 Å². The fraction of sp³-hybridized carbons (Fsp3) is 0.714. The maximum atomic E-state index is 10.8. The molecule has 0 radical (unpaired) electrons. The molecule has 0 amide bonds. The van der Waals surface area contributed by atoms with Crippen LogP contribution in [0.1, 0.15) is 13.8 Å². The predicted molar refractivity (Wildman–Crippen MR) is 36.6 cm³/mol. The van der Waals surface area contributed by atoms with Crippen LogP contribution in [0, 0.1) is 5.92 Å². The molecule has 0 bridgehead atoms. The van der Waals surface area contributed by atoms with E-state index in [0.29, 0.717) is 0 Å². The third kappa shape index (κ3) is 1.42. The van der Waals surface area contributed by atoms with E-state index in [1.54, 1.807) is 0 Å². The van der Waals surface area contributed by atoms with Gasteiger partial charge in [0.15, 0.2) is 0 Å². The fourth-order valence-corrected chi connectivity index (χ4v) is 1.16. The van der Waals surface area contributed by atoms with Crippen LogP contribution >= 0.6 is 0 Å². The zero-order valence-electron chi connectivity index (χ0n) is 6.18. The number of hydrogen-bond donors (Lipinski definition) is 1. The molecule has 3 heteroatoms. The highest BCUT2D eigenvalue weighted by atomic mass is 16.1. The number of ketones is 2. The van der Waals surface area contributed by atoms with E-state index in [1.165, 1.54) is 13.8 Å². The van der Waals surface area contributed by atoms with Crippen LogP contribution in [0.2, 0.25) is 0 Å². The quantitative estimate of drug-likeness (QED) is 0.435. The highest BCUT2D eigenvalue weighted by Gasteiger charge is 2.36. The molecule has 1 unspecified atom stereocenters. The second kappa shape index (κ2) is 2.50. The van der Waals surface area contributed by atoms with Crippen molar-refractivity contribution in [3.63, 3.8) is 0 Å². The molecular formula is C7H11NO2. The van der Waals surface area contributed by atoms with Crippen molar-refractivity contribution >= 4 is 11.6 Å². The Bertz CT molecular complexity index is 158. The first-order valence-corrected chi connectivity index (χ1v) is 3.37. The average Bonchev–Trinajstić information content (AvgIpc) is 2.46. The van der Waals surface area contributed by atoms with Gasteiger partial charge in [0.25, 0.3) is 0 Å². The molecule has 0 aromatic carbocycles. The summed E-state index contributed by atoms with van der Waals surface area (Å²) in [6.45, 7) is 3.74. The van der Waals surface area contributed by atoms with Crippen molar-refractivity contribution in [1.82, 2.24) is 5.32 Å². The number of carbonyl (C=O) groups is 2. The molecule has 0 aromatic rings. The van der Waals surface area contributed by atoms with Gasteiger partial charge in [0, 0.05) is 12.6 Å². The lowest BCUT2D eigenvalue weighted by Crippen LogP contribution is -2.26. The molecular weight excluding hydrogens is 130 g/mol. The molecule has 0 aromatic heterocycles. The van der Waals surface area contributed by atoms with E-state index >= 15 is 0 Å². The molecule has 3 nitrogen and oxygen atoms in total. The van der Waals surface area contributed by atoms with Gasteiger partial charge in [-0.3, -0.25) is 9.59 Å². The number of nitrogens with one attached hydrogen (secondary N) is 1. The van der Waals surface area contributed by atoms with Crippen molar-refractivity contribution in [3.05, 3.63) is 0 Å². The molecule has 0 saturated carbocycles. The van der Waals surface area contributed by atoms with Gasteiger partial charge in [0.05, 0.1) is 5.92 Å². The molecule has 1 aliphatic rings. The van der Waals surface area contributed by atoms with E-state index in [-0.39, 0.29) is 23.5 Å². The van der Waals surface area contributed by atoms with E-state index in [4.69, 9.17) is 0 Å². The topological polar surface area (TPSA) is 56.1 Å². The first kappa shape index (κ1) is 7.41. The summed E-state index contributed by atoms with van der Waals surface area (Å²) in [5.41, 5.74) is 0. The average molecular weight is 141 g/mol. The standard InChI is InChI=1S/C7H11NO2/c1-4(9)7(5(2)10)6-3-8-6/h6-8H,3H2,1-2H3. The fourth-order valence-electron chi connectivity index (χ4n) is 1.16. The number of rotatable bonds is 3. The van der Waals surface area contributed by atoms with Gasteiger partial charge in [-0.2, -0.15) is 0 Å². The Morgan fingerprint density at radius 2 is 1.80 bits per heavy atom. The highest BCUT2D eigenvalue weighted by Crippen LogP contribution is 2.13. The van der Waals surface area contributed by atoms with Gasteiger partial charge in [-0.1, -0.05) is 0 Å². The summed E-state index contributed by atoms with van der Waals surface area (Å²) in [6.07, 6.45) is 0. The molecule has 1 N–H and O–H groups in total. The first-order chi connectivity index (χ1) is 4.63. The van der Waals surface area contributed by atoms with Crippen LogP contribution in [-0.2, 0) is 9.59 Å². The van der Waals surface area contributed by atoms with Crippen LogP contribution in [-0.4, -0.2) is 24.2 Å².